The van der Waals surface area contributed by atoms with Gasteiger partial charge in [0.05, 0.1) is 1.93 Å². The maximum absolute atomic E-state index is 13.4. The van der Waals surface area contributed by atoms with Crippen LogP contribution in [-0.2, 0) is 9.59 Å². The molecule has 0 aliphatic rings. The number of unbranched alkanes of at least 4 members (excludes halogenated alkanes) is 1. The van der Waals surface area contributed by atoms with Crippen molar-refractivity contribution in [2.75, 3.05) is 0 Å². The topological polar surface area (TPSA) is 54.4 Å². The number of carbonyl (C=O) groups excluding carboxylic acids is 1. The Bertz CT molecular complexity index is 1030. The minimum absolute atomic E-state index is 0.104. The number of allylic oxidation sites excluding steroid dienone is 9. The van der Waals surface area contributed by atoms with Gasteiger partial charge in [-0.1, -0.05) is 127 Å². The molecular weight excluding hydrogens is 777 g/mol. The lowest BCUT2D eigenvalue weighted by molar-refractivity contribution is -0.135. The van der Waals surface area contributed by atoms with Crippen molar-refractivity contribution in [2.24, 2.45) is 5.92 Å². The van der Waals surface area contributed by atoms with Gasteiger partial charge < -0.3 is 5.11 Å². The van der Waals surface area contributed by atoms with Crippen LogP contribution in [-0.4, -0.2) is 18.8 Å². The zero-order valence-corrected chi connectivity index (χ0v) is 27.5. The molecule has 1 rings (SSSR count). The predicted octanol–water partition coefficient (Wildman–Crippen LogP) is 9.37. The summed E-state index contributed by atoms with van der Waals surface area (Å²) in [4.78, 5) is 25.7. The van der Waals surface area contributed by atoms with Crippen molar-refractivity contribution >= 4 is 79.5 Å². The number of carboxylic acid groups (broad SMARTS) is 1. The van der Waals surface area contributed by atoms with Crippen molar-refractivity contribution in [3.8, 4) is 0 Å². The van der Waals surface area contributed by atoms with E-state index in [0.717, 1.165) is 39.5 Å². The van der Waals surface area contributed by atoms with Gasteiger partial charge >= 0.3 is 5.97 Å². The van der Waals surface area contributed by atoms with Crippen LogP contribution in [0.15, 0.2) is 83.0 Å². The highest BCUT2D eigenvalue weighted by Gasteiger charge is 2.28. The van der Waals surface area contributed by atoms with Crippen LogP contribution in [0.4, 0.5) is 0 Å². The molecule has 0 aliphatic carbocycles. The zero-order valence-electron chi connectivity index (χ0n) is 21.0. The van der Waals surface area contributed by atoms with Crippen LogP contribution in [0.1, 0.15) is 65.4 Å². The lowest BCUT2D eigenvalue weighted by Gasteiger charge is -2.20. The molecule has 0 aliphatic heterocycles. The molecule has 190 valence electrons. The number of hydrogen-bond acceptors (Lipinski definition) is 2. The number of alkyl halides is 2. The summed E-state index contributed by atoms with van der Waals surface area (Å²) in [6.45, 7) is 10.0. The van der Waals surface area contributed by atoms with Crippen LogP contribution >= 0.6 is 67.8 Å². The average molecular weight is 812 g/mol. The van der Waals surface area contributed by atoms with Gasteiger partial charge in [-0.2, -0.15) is 0 Å². The molecule has 0 saturated carbocycles. The number of carbonyl (C=O) groups is 2. The Morgan fingerprint density at radius 2 is 1.77 bits per heavy atom. The zero-order chi connectivity index (χ0) is 26.5. The Kier molecular flexibility index (Phi) is 15.6. The highest BCUT2D eigenvalue weighted by molar-refractivity contribution is 14.2. The smallest absolute Gasteiger partial charge is 0.339 e. The largest absolute Gasteiger partial charge is 0.478 e. The SMILES string of the molecule is CC/C=C(\C=C(\C(=O)O)C(=O)C(C)C(C)c1cccc(I)c1)C(/C=C/CCC)=C/C=C(\C)C(I)I. The van der Waals surface area contributed by atoms with Crippen molar-refractivity contribution in [2.45, 2.75) is 61.7 Å². The highest BCUT2D eigenvalue weighted by Crippen LogP contribution is 2.29. The quantitative estimate of drug-likeness (QED) is 0.0540. The Morgan fingerprint density at radius 1 is 1.09 bits per heavy atom. The normalized spacial score (nSPS) is 15.6. The fraction of sp³-hybridized carbons (Fsp3) is 0.379. The second-order valence-corrected chi connectivity index (χ2v) is 14.6. The molecule has 0 amide bonds. The van der Waals surface area contributed by atoms with E-state index >= 15 is 0 Å². The van der Waals surface area contributed by atoms with Gasteiger partial charge in [0.2, 0.25) is 0 Å². The van der Waals surface area contributed by atoms with E-state index in [1.54, 1.807) is 6.08 Å². The van der Waals surface area contributed by atoms with Crippen LogP contribution in [0, 0.1) is 9.49 Å². The Balaban J connectivity index is 3.50. The summed E-state index contributed by atoms with van der Waals surface area (Å²) < 4.78 is 1.45. The molecule has 1 aromatic carbocycles. The molecule has 1 aromatic rings. The Morgan fingerprint density at radius 3 is 2.31 bits per heavy atom. The van der Waals surface area contributed by atoms with Gasteiger partial charge in [0, 0.05) is 9.49 Å². The predicted molar refractivity (Wildman–Crippen MR) is 174 cm³/mol. The van der Waals surface area contributed by atoms with Crippen LogP contribution in [0.2, 0.25) is 0 Å². The third-order valence-corrected chi connectivity index (χ3v) is 8.35. The number of Topliss-reactive ketones (excluding diaryl/α,β-unsaturated/α-hetero) is 1. The number of ketones is 1. The van der Waals surface area contributed by atoms with E-state index in [2.05, 4.69) is 93.8 Å². The number of rotatable bonds is 13. The van der Waals surface area contributed by atoms with E-state index in [1.807, 2.05) is 63.3 Å². The van der Waals surface area contributed by atoms with Gasteiger partial charge in [-0.05, 0) is 83.2 Å². The fourth-order valence-electron chi connectivity index (χ4n) is 3.34. The van der Waals surface area contributed by atoms with Gasteiger partial charge in [0.25, 0.3) is 0 Å². The average Bonchev–Trinajstić information content (AvgIpc) is 2.82. The van der Waals surface area contributed by atoms with E-state index in [-0.39, 0.29) is 17.3 Å². The Hall–Kier alpha value is -0.750. The van der Waals surface area contributed by atoms with E-state index in [0.29, 0.717) is 1.93 Å². The van der Waals surface area contributed by atoms with E-state index in [9.17, 15) is 14.7 Å². The molecule has 0 aromatic heterocycles. The number of aliphatic carboxylic acids is 1. The minimum Gasteiger partial charge on any atom is -0.478 e. The number of carboxylic acids is 1. The molecule has 1 N–H and O–H groups in total. The maximum atomic E-state index is 13.4. The molecule has 6 heteroatoms. The van der Waals surface area contributed by atoms with Gasteiger partial charge in [-0.3, -0.25) is 4.79 Å². The standard InChI is InChI=1S/C29H35I3O3/c1-6-8-9-12-22(16-15-19(3)28(31)32)24(11-7-2)18-26(29(34)35)27(33)21(5)20(4)23-13-10-14-25(30)17-23/h9-18,20-21,28H,6-8H2,1-5H3,(H,34,35)/b12-9+,19-15+,22-16+,24-11+,26-18+. The molecule has 2 atom stereocenters. The Labute approximate surface area is 251 Å². The monoisotopic (exact) mass is 812 g/mol. The second-order valence-electron chi connectivity index (χ2n) is 8.45. The summed E-state index contributed by atoms with van der Waals surface area (Å²) in [5.74, 6) is -2.12. The summed E-state index contributed by atoms with van der Waals surface area (Å²) in [6.07, 6.45) is 14.4. The van der Waals surface area contributed by atoms with Crippen molar-refractivity contribution in [3.05, 3.63) is 92.1 Å². The minimum atomic E-state index is -1.19. The fourth-order valence-corrected chi connectivity index (χ4v) is 4.33. The van der Waals surface area contributed by atoms with Crippen molar-refractivity contribution < 1.29 is 14.7 Å². The first kappa shape index (κ1) is 32.3. The summed E-state index contributed by atoms with van der Waals surface area (Å²) in [7, 11) is 0. The van der Waals surface area contributed by atoms with Gasteiger partial charge in [0.1, 0.15) is 5.57 Å². The lowest BCUT2D eigenvalue weighted by atomic mass is 9.83. The first-order valence-corrected chi connectivity index (χ1v) is 15.4. The van der Waals surface area contributed by atoms with Gasteiger partial charge in [-0.25, -0.2) is 4.79 Å². The first-order valence-electron chi connectivity index (χ1n) is 11.8. The summed E-state index contributed by atoms with van der Waals surface area (Å²) >= 11 is 6.98. The lowest BCUT2D eigenvalue weighted by Crippen LogP contribution is -2.23. The van der Waals surface area contributed by atoms with Gasteiger partial charge in [-0.15, -0.1) is 0 Å². The van der Waals surface area contributed by atoms with Crippen LogP contribution in [0.3, 0.4) is 0 Å². The van der Waals surface area contributed by atoms with E-state index in [4.69, 9.17) is 0 Å². The third-order valence-electron chi connectivity index (χ3n) is 5.71. The van der Waals surface area contributed by atoms with Crippen LogP contribution in [0.5, 0.6) is 0 Å². The molecule has 2 unspecified atom stereocenters. The van der Waals surface area contributed by atoms with Crippen LogP contribution in [0.25, 0.3) is 0 Å². The molecule has 0 spiro atoms. The first-order chi connectivity index (χ1) is 16.5. The number of halogens is 3. The molecular formula is C29H35I3O3. The third kappa shape index (κ3) is 11.0. The molecule has 3 nitrogen and oxygen atoms in total. The molecule has 0 fully saturated rings. The number of benzene rings is 1. The van der Waals surface area contributed by atoms with Crippen molar-refractivity contribution in [3.63, 3.8) is 0 Å². The highest BCUT2D eigenvalue weighted by atomic mass is 127. The summed E-state index contributed by atoms with van der Waals surface area (Å²) in [6, 6.07) is 8.00. The number of hydrogen-bond donors (Lipinski definition) is 1. The van der Waals surface area contributed by atoms with E-state index in [1.165, 1.54) is 5.57 Å². The second kappa shape index (κ2) is 16.9. The van der Waals surface area contributed by atoms with Gasteiger partial charge in [0.15, 0.2) is 5.78 Å². The van der Waals surface area contributed by atoms with E-state index < -0.39 is 11.9 Å². The summed E-state index contributed by atoms with van der Waals surface area (Å²) in [5.41, 5.74) is 3.72. The van der Waals surface area contributed by atoms with Crippen LogP contribution < -0.4 is 0 Å². The molecule has 35 heavy (non-hydrogen) atoms. The molecule has 0 radical (unpaired) electrons. The molecule has 0 heterocycles. The summed E-state index contributed by atoms with van der Waals surface area (Å²) in [5, 5.41) is 10.0. The maximum Gasteiger partial charge on any atom is 0.339 e. The van der Waals surface area contributed by atoms with Crippen molar-refractivity contribution in [1.29, 1.82) is 0 Å². The molecule has 0 saturated heterocycles. The van der Waals surface area contributed by atoms with Crippen molar-refractivity contribution in [1.82, 2.24) is 0 Å². The molecule has 0 bridgehead atoms.